The van der Waals surface area contributed by atoms with E-state index in [-0.39, 0.29) is 0 Å². The average Bonchev–Trinajstić information content (AvgIpc) is 3.68. The third-order valence-corrected chi connectivity index (χ3v) is 12.8. The molecule has 333 valence electrons. The Morgan fingerprint density at radius 1 is 0.298 bits per heavy atom. The highest BCUT2D eigenvalue weighted by atomic mass is 14.9. The molecule has 0 saturated heterocycles. The van der Waals surface area contributed by atoms with Crippen LogP contribution in [-0.2, 0) is 0 Å². The van der Waals surface area contributed by atoms with E-state index in [1.807, 2.05) is 6.20 Å². The van der Waals surface area contributed by atoms with Gasteiger partial charge in [0.15, 0.2) is 0 Å². The third kappa shape index (κ3) is 41.3. The van der Waals surface area contributed by atoms with Crippen LogP contribution < -0.4 is 5.32 Å². The fraction of sp³-hybridized carbons (Fsp3) is 0.857. The smallest absolute Gasteiger partial charge is 0.0699 e. The Hall–Kier alpha value is -1.24. The molecule has 1 rings (SSSR count). The van der Waals surface area contributed by atoms with E-state index in [1.54, 1.807) is 0 Å². The molecule has 0 atom stereocenters. The zero-order chi connectivity index (χ0) is 40.6. The summed E-state index contributed by atoms with van der Waals surface area (Å²) in [5.74, 6) is 0. The molecular weight excluding hydrogens is 687 g/mol. The summed E-state index contributed by atoms with van der Waals surface area (Å²) in [7, 11) is 0. The molecule has 1 radical (unpaired) electrons. The number of rotatable bonds is 48. The second kappa shape index (κ2) is 47.4. The van der Waals surface area contributed by atoms with E-state index >= 15 is 0 Å². The van der Waals surface area contributed by atoms with Crippen molar-refractivity contribution < 1.29 is 0 Å². The zero-order valence-electron chi connectivity index (χ0n) is 39.4. The Bertz CT molecular complexity index is 891. The number of hydrogen-bond donors (Lipinski definition) is 0. The van der Waals surface area contributed by atoms with E-state index in [0.29, 0.717) is 0 Å². The number of allylic oxidation sites excluding steroid dienone is 6. The Morgan fingerprint density at radius 3 is 0.789 bits per heavy atom. The van der Waals surface area contributed by atoms with Crippen LogP contribution >= 0.6 is 0 Å². The lowest BCUT2D eigenvalue weighted by Crippen LogP contribution is -1.89. The Balaban J connectivity index is 1.81. The molecule has 1 nitrogen and oxygen atoms in total. The first-order chi connectivity index (χ1) is 28.4. The normalized spacial score (nSPS) is 13.0. The van der Waals surface area contributed by atoms with Gasteiger partial charge in [-0.2, -0.15) is 0 Å². The average molecular weight is 791 g/mol. The van der Waals surface area contributed by atoms with Crippen LogP contribution in [0.4, 0.5) is 0 Å². The zero-order valence-corrected chi connectivity index (χ0v) is 39.4. The molecule has 1 aliphatic heterocycles. The van der Waals surface area contributed by atoms with Crippen LogP contribution in [0.3, 0.4) is 0 Å². The number of hydrogen-bond acceptors (Lipinski definition) is 0. The molecule has 0 aromatic carbocycles. The van der Waals surface area contributed by atoms with Crippen molar-refractivity contribution in [2.75, 3.05) is 0 Å². The number of nitrogens with zero attached hydrogens (tertiary/aromatic N) is 1. The molecule has 1 aliphatic rings. The molecule has 0 unspecified atom stereocenters. The fourth-order valence-corrected chi connectivity index (χ4v) is 8.79. The Morgan fingerprint density at radius 2 is 0.526 bits per heavy atom. The summed E-state index contributed by atoms with van der Waals surface area (Å²) in [6.45, 7) is 4.62. The molecule has 0 aromatic heterocycles. The Labute approximate surface area is 361 Å². The van der Waals surface area contributed by atoms with Gasteiger partial charge in [0.05, 0.1) is 5.70 Å². The first kappa shape index (κ1) is 53.8. The second-order valence-electron chi connectivity index (χ2n) is 18.5. The van der Waals surface area contributed by atoms with Gasteiger partial charge in [0.1, 0.15) is 0 Å². The van der Waals surface area contributed by atoms with E-state index in [1.165, 1.54) is 301 Å². The van der Waals surface area contributed by atoms with Crippen LogP contribution in [0.1, 0.15) is 309 Å². The van der Waals surface area contributed by atoms with Gasteiger partial charge in [0.25, 0.3) is 0 Å². The van der Waals surface area contributed by atoms with Crippen molar-refractivity contribution in [3.8, 4) is 0 Å². The van der Waals surface area contributed by atoms with Gasteiger partial charge >= 0.3 is 0 Å². The van der Waals surface area contributed by atoms with Crippen LogP contribution in [-0.4, -0.2) is 0 Å². The molecule has 0 amide bonds. The quantitative estimate of drug-likeness (QED) is 0.0545. The van der Waals surface area contributed by atoms with Gasteiger partial charge in [-0.25, -0.2) is 0 Å². The largest absolute Gasteiger partial charge is 0.256 e. The van der Waals surface area contributed by atoms with Gasteiger partial charge in [-0.15, -0.1) is 0 Å². The molecule has 1 heterocycles. The van der Waals surface area contributed by atoms with Crippen molar-refractivity contribution in [3.05, 3.63) is 47.9 Å². The van der Waals surface area contributed by atoms with Crippen molar-refractivity contribution in [1.82, 2.24) is 5.32 Å². The molecule has 0 bridgehead atoms. The highest BCUT2D eigenvalue weighted by Crippen LogP contribution is 2.19. The van der Waals surface area contributed by atoms with Crippen LogP contribution in [0, 0.1) is 0 Å². The minimum Gasteiger partial charge on any atom is -0.256 e. The molecule has 0 aliphatic carbocycles. The van der Waals surface area contributed by atoms with Gasteiger partial charge in [-0.1, -0.05) is 302 Å². The minimum absolute atomic E-state index is 1.15. The summed E-state index contributed by atoms with van der Waals surface area (Å²) in [5, 5.41) is 4.62. The first-order valence-electron chi connectivity index (χ1n) is 26.8. The van der Waals surface area contributed by atoms with E-state index in [9.17, 15) is 0 Å². The monoisotopic (exact) mass is 791 g/mol. The van der Waals surface area contributed by atoms with Gasteiger partial charge in [-0.05, 0) is 37.8 Å². The first-order valence-corrected chi connectivity index (χ1v) is 26.8. The van der Waals surface area contributed by atoms with Gasteiger partial charge in [0.2, 0.25) is 0 Å². The lowest BCUT2D eigenvalue weighted by molar-refractivity contribution is 0.519. The predicted octanol–water partition coefficient (Wildman–Crippen LogP) is 20.5. The van der Waals surface area contributed by atoms with Crippen LogP contribution in [0.25, 0.3) is 0 Å². The van der Waals surface area contributed by atoms with Crippen LogP contribution in [0.2, 0.25) is 0 Å². The lowest BCUT2D eigenvalue weighted by Gasteiger charge is -2.04. The Kier molecular flexibility index (Phi) is 44.8. The fourth-order valence-electron chi connectivity index (χ4n) is 8.79. The minimum atomic E-state index is 1.15. The molecule has 0 aromatic rings. The topological polar surface area (TPSA) is 14.1 Å². The summed E-state index contributed by atoms with van der Waals surface area (Å²) in [6.07, 6.45) is 79.7. The van der Waals surface area contributed by atoms with Crippen LogP contribution in [0.15, 0.2) is 47.9 Å². The molecule has 1 heteroatoms. The van der Waals surface area contributed by atoms with Crippen molar-refractivity contribution in [3.63, 3.8) is 0 Å². The summed E-state index contributed by atoms with van der Waals surface area (Å²) in [5.41, 5.74) is 2.44. The summed E-state index contributed by atoms with van der Waals surface area (Å²) in [6, 6.07) is 0. The van der Waals surface area contributed by atoms with Gasteiger partial charge in [-0.3, -0.25) is 5.32 Å². The number of unbranched alkanes of at least 4 members (excludes halogenated alkanes) is 44. The maximum Gasteiger partial charge on any atom is 0.0699 e. The van der Waals surface area contributed by atoms with E-state index in [0.717, 1.165) is 5.70 Å². The predicted molar refractivity (Wildman–Crippen MR) is 260 cm³/mol. The third-order valence-electron chi connectivity index (χ3n) is 12.8. The summed E-state index contributed by atoms with van der Waals surface area (Å²) >= 11 is 0. The molecule has 57 heavy (non-hydrogen) atoms. The molecule has 0 N–H and O–H groups in total. The van der Waals surface area contributed by atoms with E-state index in [4.69, 9.17) is 0 Å². The van der Waals surface area contributed by atoms with Crippen molar-refractivity contribution >= 4 is 0 Å². The maximum absolute atomic E-state index is 4.62. The highest BCUT2D eigenvalue weighted by Gasteiger charge is 2.04. The highest BCUT2D eigenvalue weighted by molar-refractivity contribution is 5.44. The summed E-state index contributed by atoms with van der Waals surface area (Å²) in [4.78, 5) is 0. The second-order valence-corrected chi connectivity index (χ2v) is 18.5. The van der Waals surface area contributed by atoms with Crippen molar-refractivity contribution in [2.24, 2.45) is 0 Å². The van der Waals surface area contributed by atoms with Gasteiger partial charge in [0, 0.05) is 11.8 Å². The maximum atomic E-state index is 4.62. The molecule has 0 spiro atoms. The van der Waals surface area contributed by atoms with E-state index < -0.39 is 0 Å². The van der Waals surface area contributed by atoms with Gasteiger partial charge < -0.3 is 0 Å². The molecule has 0 saturated carbocycles. The standard InChI is InChI=1S/C56H104N/c1-3-5-7-9-11-13-15-17-19-21-23-25-27-29-31-33-35-37-39-41-43-45-47-49-51-55-53-54-57-56(55)52-50-48-46-44-42-40-38-36-34-32-30-28-26-24-22-20-18-16-14-12-10-8-6-4-2/h49-54H,3-48H2,1-2H3. The summed E-state index contributed by atoms with van der Waals surface area (Å²) < 4.78 is 0. The van der Waals surface area contributed by atoms with Crippen molar-refractivity contribution in [1.29, 1.82) is 0 Å². The van der Waals surface area contributed by atoms with Crippen LogP contribution in [0.5, 0.6) is 0 Å². The molecular formula is C56H104N. The van der Waals surface area contributed by atoms with Crippen molar-refractivity contribution in [2.45, 2.75) is 309 Å². The molecule has 0 fully saturated rings. The van der Waals surface area contributed by atoms with E-state index in [2.05, 4.69) is 49.5 Å². The SMILES string of the molecule is CCCCCCCCCCCCCCCCCCCCCCCCC=CC1=C(C=CCCCCCCCCCCCCCCCCCCCCCCCC)[N]C=C1. The lowest BCUT2D eigenvalue weighted by atomic mass is 10.0.